The van der Waals surface area contributed by atoms with Gasteiger partial charge in [-0.2, -0.15) is 5.26 Å². The van der Waals surface area contributed by atoms with E-state index >= 15 is 0 Å². The predicted octanol–water partition coefficient (Wildman–Crippen LogP) is 2.10. The van der Waals surface area contributed by atoms with Crippen molar-refractivity contribution in [2.75, 3.05) is 16.8 Å². The molecule has 0 spiro atoms. The van der Waals surface area contributed by atoms with E-state index in [4.69, 9.17) is 5.26 Å². The topological polar surface area (TPSA) is 87.0 Å². The van der Waals surface area contributed by atoms with E-state index in [1.807, 2.05) is 13.0 Å². The molecule has 1 rings (SSSR count). The molecule has 0 atom stereocenters. The molecule has 0 heterocycles. The van der Waals surface area contributed by atoms with Crippen LogP contribution in [0.15, 0.2) is 24.3 Å². The van der Waals surface area contributed by atoms with Crippen molar-refractivity contribution in [1.82, 2.24) is 0 Å². The molecule has 0 saturated heterocycles. The van der Waals surface area contributed by atoms with Gasteiger partial charge in [0.25, 0.3) is 0 Å². The van der Waals surface area contributed by atoms with Crippen molar-refractivity contribution in [3.05, 3.63) is 29.8 Å². The van der Waals surface area contributed by atoms with Crippen molar-refractivity contribution in [2.24, 2.45) is 0 Å². The van der Waals surface area contributed by atoms with Gasteiger partial charge >= 0.3 is 0 Å². The van der Waals surface area contributed by atoms with Crippen LogP contribution < -0.4 is 5.32 Å². The highest BCUT2D eigenvalue weighted by atomic mass is 32.2. The second-order valence-electron chi connectivity index (χ2n) is 4.49. The molecular weight excluding hydrogens is 276 g/mol. The average Bonchev–Trinajstić information content (AvgIpc) is 2.44. The maximum atomic E-state index is 11.6. The lowest BCUT2D eigenvalue weighted by atomic mass is 10.2. The number of unbranched alkanes of at least 4 members (excludes halogenated alkanes) is 1. The molecule has 0 fully saturated rings. The minimum Gasteiger partial charge on any atom is -0.326 e. The molecule has 20 heavy (non-hydrogen) atoms. The number of nitrogens with zero attached hydrogens (tertiary/aromatic N) is 1. The van der Waals surface area contributed by atoms with Crippen LogP contribution >= 0.6 is 0 Å². The highest BCUT2D eigenvalue weighted by molar-refractivity contribution is 7.91. The van der Waals surface area contributed by atoms with E-state index < -0.39 is 9.84 Å². The number of hydrogen-bond acceptors (Lipinski definition) is 4. The van der Waals surface area contributed by atoms with E-state index in [1.54, 1.807) is 24.3 Å². The summed E-state index contributed by atoms with van der Waals surface area (Å²) in [5, 5.41) is 11.3. The fraction of sp³-hybridized carbons (Fsp3) is 0.429. The highest BCUT2D eigenvalue weighted by Crippen LogP contribution is 2.09. The summed E-state index contributed by atoms with van der Waals surface area (Å²) >= 11 is 0. The number of carbonyl (C=O) groups is 1. The van der Waals surface area contributed by atoms with E-state index in [2.05, 4.69) is 5.32 Å². The second kappa shape index (κ2) is 7.65. The Morgan fingerprint density at radius 2 is 1.90 bits per heavy atom. The van der Waals surface area contributed by atoms with Gasteiger partial charge in [-0.15, -0.1) is 0 Å². The van der Waals surface area contributed by atoms with Crippen LogP contribution in [0.5, 0.6) is 0 Å². The SMILES string of the molecule is CCCCS(=O)(=O)CCC(=O)Nc1ccc(C#N)cc1. The third-order valence-corrected chi connectivity index (χ3v) is 4.48. The highest BCUT2D eigenvalue weighted by Gasteiger charge is 2.13. The zero-order valence-corrected chi connectivity index (χ0v) is 12.2. The summed E-state index contributed by atoms with van der Waals surface area (Å²) < 4.78 is 23.2. The predicted molar refractivity (Wildman–Crippen MR) is 78.0 cm³/mol. The third-order valence-electron chi connectivity index (χ3n) is 2.75. The molecule has 1 amide bonds. The van der Waals surface area contributed by atoms with Gasteiger partial charge in [-0.05, 0) is 30.7 Å². The quantitative estimate of drug-likeness (QED) is 0.834. The molecule has 108 valence electrons. The number of carbonyl (C=O) groups excluding carboxylic acids is 1. The van der Waals surface area contributed by atoms with Crippen LogP contribution in [-0.4, -0.2) is 25.8 Å². The van der Waals surface area contributed by atoms with Gasteiger partial charge in [0.1, 0.15) is 0 Å². The normalized spacial score (nSPS) is 10.8. The Labute approximate surface area is 119 Å². The fourth-order valence-corrected chi connectivity index (χ4v) is 3.00. The molecule has 0 aromatic heterocycles. The Balaban J connectivity index is 2.45. The summed E-state index contributed by atoms with van der Waals surface area (Å²) in [7, 11) is -3.15. The fourth-order valence-electron chi connectivity index (χ4n) is 1.57. The first kappa shape index (κ1) is 16.2. The van der Waals surface area contributed by atoms with E-state index in [9.17, 15) is 13.2 Å². The summed E-state index contributed by atoms with van der Waals surface area (Å²) in [6, 6.07) is 8.39. The standard InChI is InChI=1S/C14H18N2O3S/c1-2-3-9-20(18,19)10-8-14(17)16-13-6-4-12(11-15)5-7-13/h4-7H,2-3,8-10H2,1H3,(H,16,17). The van der Waals surface area contributed by atoms with E-state index in [-0.39, 0.29) is 23.8 Å². The first-order valence-electron chi connectivity index (χ1n) is 6.47. The molecule has 0 aliphatic carbocycles. The number of rotatable bonds is 7. The number of nitrogens with one attached hydrogen (secondary N) is 1. The summed E-state index contributed by atoms with van der Waals surface area (Å²) in [5.74, 6) is -0.335. The molecule has 0 aliphatic heterocycles. The van der Waals surface area contributed by atoms with Crippen molar-refractivity contribution < 1.29 is 13.2 Å². The lowest BCUT2D eigenvalue weighted by Gasteiger charge is -2.06. The molecular formula is C14H18N2O3S. The number of anilines is 1. The molecule has 1 N–H and O–H groups in total. The number of hydrogen-bond donors (Lipinski definition) is 1. The zero-order chi connectivity index (χ0) is 15.0. The maximum absolute atomic E-state index is 11.6. The van der Waals surface area contributed by atoms with Gasteiger partial charge in [-0.25, -0.2) is 8.42 Å². The van der Waals surface area contributed by atoms with Crippen molar-refractivity contribution in [3.8, 4) is 6.07 Å². The average molecular weight is 294 g/mol. The van der Waals surface area contributed by atoms with E-state index in [0.717, 1.165) is 6.42 Å². The summed E-state index contributed by atoms with van der Waals surface area (Å²) in [4.78, 5) is 11.6. The molecule has 0 unspecified atom stereocenters. The van der Waals surface area contributed by atoms with E-state index in [0.29, 0.717) is 17.7 Å². The van der Waals surface area contributed by atoms with Gasteiger partial charge in [0.2, 0.25) is 5.91 Å². The molecule has 6 heteroatoms. The van der Waals surface area contributed by atoms with Gasteiger partial charge in [-0.1, -0.05) is 13.3 Å². The summed E-state index contributed by atoms with van der Waals surface area (Å²) in [5.41, 5.74) is 1.06. The van der Waals surface area contributed by atoms with E-state index in [1.165, 1.54) is 0 Å². The molecule has 0 bridgehead atoms. The van der Waals surface area contributed by atoms with Crippen LogP contribution in [-0.2, 0) is 14.6 Å². The van der Waals surface area contributed by atoms with Gasteiger partial charge in [-0.3, -0.25) is 4.79 Å². The molecule has 0 aliphatic rings. The van der Waals surface area contributed by atoms with Crippen LogP contribution in [0.1, 0.15) is 31.7 Å². The molecule has 1 aromatic carbocycles. The minimum atomic E-state index is -3.15. The van der Waals surface area contributed by atoms with Gasteiger partial charge in [0.15, 0.2) is 9.84 Å². The Morgan fingerprint density at radius 3 is 2.45 bits per heavy atom. The number of amides is 1. The summed E-state index contributed by atoms with van der Waals surface area (Å²) in [6.45, 7) is 1.92. The molecule has 1 aromatic rings. The lowest BCUT2D eigenvalue weighted by Crippen LogP contribution is -2.19. The van der Waals surface area contributed by atoms with Crippen LogP contribution in [0.2, 0.25) is 0 Å². The Hall–Kier alpha value is -1.87. The number of nitriles is 1. The van der Waals surface area contributed by atoms with Gasteiger partial charge in [0.05, 0.1) is 23.1 Å². The Kier molecular flexibility index (Phi) is 6.19. The van der Waals surface area contributed by atoms with Gasteiger partial charge < -0.3 is 5.32 Å². The minimum absolute atomic E-state index is 0.0496. The second-order valence-corrected chi connectivity index (χ2v) is 6.80. The van der Waals surface area contributed by atoms with Crippen molar-refractivity contribution in [2.45, 2.75) is 26.2 Å². The smallest absolute Gasteiger partial charge is 0.225 e. The number of sulfone groups is 1. The first-order chi connectivity index (χ1) is 9.46. The monoisotopic (exact) mass is 294 g/mol. The number of benzene rings is 1. The Bertz CT molecular complexity index is 586. The van der Waals surface area contributed by atoms with Crippen molar-refractivity contribution in [3.63, 3.8) is 0 Å². The van der Waals surface area contributed by atoms with Crippen LogP contribution in [0.4, 0.5) is 5.69 Å². The van der Waals surface area contributed by atoms with Crippen molar-refractivity contribution in [1.29, 1.82) is 5.26 Å². The van der Waals surface area contributed by atoms with Gasteiger partial charge in [0, 0.05) is 12.1 Å². The zero-order valence-electron chi connectivity index (χ0n) is 11.4. The van der Waals surface area contributed by atoms with Crippen molar-refractivity contribution >= 4 is 21.4 Å². The maximum Gasteiger partial charge on any atom is 0.225 e. The van der Waals surface area contributed by atoms with Crippen LogP contribution in [0, 0.1) is 11.3 Å². The van der Waals surface area contributed by atoms with Crippen LogP contribution in [0.25, 0.3) is 0 Å². The molecule has 0 saturated carbocycles. The first-order valence-corrected chi connectivity index (χ1v) is 8.29. The third kappa shape index (κ3) is 5.85. The Morgan fingerprint density at radius 1 is 1.25 bits per heavy atom. The molecule has 5 nitrogen and oxygen atoms in total. The lowest BCUT2D eigenvalue weighted by molar-refractivity contribution is -0.115. The largest absolute Gasteiger partial charge is 0.326 e. The summed E-state index contributed by atoms with van der Waals surface area (Å²) in [6.07, 6.45) is 1.39. The molecule has 0 radical (unpaired) electrons. The van der Waals surface area contributed by atoms with Crippen LogP contribution in [0.3, 0.4) is 0 Å².